The molecule has 1 aromatic carbocycles. The van der Waals surface area contributed by atoms with Crippen molar-refractivity contribution in [3.8, 4) is 11.4 Å². The van der Waals surface area contributed by atoms with Crippen molar-refractivity contribution in [1.29, 1.82) is 0 Å². The second-order valence-corrected chi connectivity index (χ2v) is 3.83. The Bertz CT molecular complexity index is 565. The average Bonchev–Trinajstić information content (AvgIpc) is 2.86. The number of carboxylic acids is 1. The van der Waals surface area contributed by atoms with Crippen LogP contribution >= 0.6 is 0 Å². The minimum Gasteiger partial charge on any atom is -0.497 e. The van der Waals surface area contributed by atoms with E-state index in [1.807, 2.05) is 12.1 Å². The highest BCUT2D eigenvalue weighted by molar-refractivity contribution is 5.75. The molecule has 0 aliphatic heterocycles. The maximum Gasteiger partial charge on any atom is 0.312 e. The highest BCUT2D eigenvalue weighted by Crippen LogP contribution is 2.21. The molecule has 6 heteroatoms. The molecule has 0 aliphatic carbocycles. The van der Waals surface area contributed by atoms with E-state index in [1.54, 1.807) is 26.2 Å². The molecular formula is C12H13N3O3. The second-order valence-electron chi connectivity index (χ2n) is 3.83. The van der Waals surface area contributed by atoms with Crippen molar-refractivity contribution in [2.24, 2.45) is 0 Å². The number of hydrogen-bond acceptors (Lipinski definition) is 4. The van der Waals surface area contributed by atoms with Crippen LogP contribution in [0.15, 0.2) is 30.5 Å². The molecule has 0 amide bonds. The van der Waals surface area contributed by atoms with Gasteiger partial charge in [-0.05, 0) is 19.1 Å². The molecule has 0 saturated carbocycles. The topological polar surface area (TPSA) is 77.2 Å². The number of carboxylic acid groups (broad SMARTS) is 1. The lowest BCUT2D eigenvalue weighted by Crippen LogP contribution is -2.13. The van der Waals surface area contributed by atoms with Gasteiger partial charge in [0, 0.05) is 6.07 Å². The van der Waals surface area contributed by atoms with Crippen LogP contribution in [0.25, 0.3) is 5.69 Å². The summed E-state index contributed by atoms with van der Waals surface area (Å²) in [4.78, 5) is 11.0. The van der Waals surface area contributed by atoms with Crippen molar-refractivity contribution in [2.45, 2.75) is 12.8 Å². The van der Waals surface area contributed by atoms with Gasteiger partial charge >= 0.3 is 5.97 Å². The second kappa shape index (κ2) is 4.87. The molecular weight excluding hydrogens is 234 g/mol. The number of benzene rings is 1. The van der Waals surface area contributed by atoms with Crippen LogP contribution in [-0.2, 0) is 4.79 Å². The van der Waals surface area contributed by atoms with Crippen molar-refractivity contribution in [3.63, 3.8) is 0 Å². The zero-order valence-corrected chi connectivity index (χ0v) is 10.1. The first kappa shape index (κ1) is 12.1. The van der Waals surface area contributed by atoms with Crippen LogP contribution in [0.1, 0.15) is 18.5 Å². The minimum absolute atomic E-state index is 0.524. The van der Waals surface area contributed by atoms with Crippen molar-refractivity contribution in [2.75, 3.05) is 7.11 Å². The highest BCUT2D eigenvalue weighted by atomic mass is 16.5. The van der Waals surface area contributed by atoms with Crippen LogP contribution in [0.2, 0.25) is 0 Å². The van der Waals surface area contributed by atoms with Crippen LogP contribution < -0.4 is 4.74 Å². The predicted octanol–water partition coefficient (Wildman–Crippen LogP) is 1.46. The van der Waals surface area contributed by atoms with Gasteiger partial charge in [-0.3, -0.25) is 4.79 Å². The van der Waals surface area contributed by atoms with Crippen LogP contribution in [0, 0.1) is 0 Å². The van der Waals surface area contributed by atoms with Crippen molar-refractivity contribution in [1.82, 2.24) is 15.0 Å². The molecule has 2 rings (SSSR count). The quantitative estimate of drug-likeness (QED) is 0.885. The van der Waals surface area contributed by atoms with Crippen molar-refractivity contribution < 1.29 is 14.6 Å². The fourth-order valence-corrected chi connectivity index (χ4v) is 1.61. The van der Waals surface area contributed by atoms with Gasteiger partial charge in [-0.15, -0.1) is 5.10 Å². The molecule has 1 atom stereocenters. The lowest BCUT2D eigenvalue weighted by molar-refractivity contribution is -0.138. The van der Waals surface area contributed by atoms with Crippen LogP contribution in [-0.4, -0.2) is 33.2 Å². The van der Waals surface area contributed by atoms with Gasteiger partial charge in [0.2, 0.25) is 0 Å². The summed E-state index contributed by atoms with van der Waals surface area (Å²) in [7, 11) is 1.57. The van der Waals surface area contributed by atoms with Gasteiger partial charge in [-0.1, -0.05) is 11.3 Å². The summed E-state index contributed by atoms with van der Waals surface area (Å²) < 4.78 is 6.62. The van der Waals surface area contributed by atoms with E-state index in [-0.39, 0.29) is 0 Å². The molecule has 0 radical (unpaired) electrons. The lowest BCUT2D eigenvalue weighted by atomic mass is 10.1. The molecule has 0 saturated heterocycles. The van der Waals surface area contributed by atoms with E-state index in [1.165, 1.54) is 10.9 Å². The zero-order chi connectivity index (χ0) is 13.1. The number of methoxy groups -OCH3 is 1. The first-order chi connectivity index (χ1) is 8.63. The Morgan fingerprint density at radius 2 is 2.28 bits per heavy atom. The molecule has 0 fully saturated rings. The average molecular weight is 247 g/mol. The Balaban J connectivity index is 2.45. The first-order valence-corrected chi connectivity index (χ1v) is 5.41. The maximum absolute atomic E-state index is 11.0. The highest BCUT2D eigenvalue weighted by Gasteiger charge is 2.20. The third-order valence-electron chi connectivity index (χ3n) is 2.69. The standard InChI is InChI=1S/C12H13N3O3/c1-8(12(16)17)11-7-13-14-15(11)9-4-3-5-10(6-9)18-2/h3-8H,1-2H3,(H,16,17). The van der Waals surface area contributed by atoms with Gasteiger partial charge in [0.25, 0.3) is 0 Å². The molecule has 94 valence electrons. The number of rotatable bonds is 4. The maximum atomic E-state index is 11.0. The Labute approximate surface area is 104 Å². The van der Waals surface area contributed by atoms with Gasteiger partial charge in [-0.2, -0.15) is 0 Å². The van der Waals surface area contributed by atoms with Crippen molar-refractivity contribution in [3.05, 3.63) is 36.2 Å². The number of aromatic nitrogens is 3. The molecule has 1 aromatic heterocycles. The number of nitrogens with zero attached hydrogens (tertiary/aromatic N) is 3. The monoisotopic (exact) mass is 247 g/mol. The molecule has 18 heavy (non-hydrogen) atoms. The summed E-state index contributed by atoms with van der Waals surface area (Å²) in [6, 6.07) is 7.20. The summed E-state index contributed by atoms with van der Waals surface area (Å²) in [5.74, 6) is -0.912. The minimum atomic E-state index is -0.915. The van der Waals surface area contributed by atoms with E-state index in [0.717, 1.165) is 5.69 Å². The summed E-state index contributed by atoms with van der Waals surface area (Å²) in [5, 5.41) is 16.7. The smallest absolute Gasteiger partial charge is 0.312 e. The van der Waals surface area contributed by atoms with E-state index in [4.69, 9.17) is 9.84 Å². The summed E-state index contributed by atoms with van der Waals surface area (Å²) in [6.07, 6.45) is 1.46. The third-order valence-corrected chi connectivity index (χ3v) is 2.69. The molecule has 0 bridgehead atoms. The van der Waals surface area contributed by atoms with Gasteiger partial charge in [0.05, 0.1) is 30.6 Å². The summed E-state index contributed by atoms with van der Waals surface area (Å²) in [6.45, 7) is 1.59. The van der Waals surface area contributed by atoms with Crippen LogP contribution in [0.5, 0.6) is 5.75 Å². The Hall–Kier alpha value is -2.37. The number of hydrogen-bond donors (Lipinski definition) is 1. The Morgan fingerprint density at radius 1 is 1.50 bits per heavy atom. The molecule has 0 aliphatic rings. The van der Waals surface area contributed by atoms with E-state index >= 15 is 0 Å². The fourth-order valence-electron chi connectivity index (χ4n) is 1.61. The van der Waals surface area contributed by atoms with Crippen LogP contribution in [0.3, 0.4) is 0 Å². The number of ether oxygens (including phenoxy) is 1. The van der Waals surface area contributed by atoms with Gasteiger partial charge in [0.15, 0.2) is 0 Å². The van der Waals surface area contributed by atoms with E-state index in [0.29, 0.717) is 11.4 Å². The van der Waals surface area contributed by atoms with E-state index in [9.17, 15) is 4.79 Å². The summed E-state index contributed by atoms with van der Waals surface area (Å²) >= 11 is 0. The predicted molar refractivity (Wildman–Crippen MR) is 64.0 cm³/mol. The summed E-state index contributed by atoms with van der Waals surface area (Å²) in [5.41, 5.74) is 1.24. The van der Waals surface area contributed by atoms with Crippen molar-refractivity contribution >= 4 is 5.97 Å². The Kier molecular flexibility index (Phi) is 3.27. The fraction of sp³-hybridized carbons (Fsp3) is 0.250. The molecule has 1 heterocycles. The van der Waals surface area contributed by atoms with E-state index in [2.05, 4.69) is 10.3 Å². The first-order valence-electron chi connectivity index (χ1n) is 5.41. The normalized spacial score (nSPS) is 12.1. The van der Waals surface area contributed by atoms with Crippen LogP contribution in [0.4, 0.5) is 0 Å². The van der Waals surface area contributed by atoms with Gasteiger partial charge in [-0.25, -0.2) is 4.68 Å². The third kappa shape index (κ3) is 2.17. The van der Waals surface area contributed by atoms with Gasteiger partial charge in [0.1, 0.15) is 5.75 Å². The Morgan fingerprint density at radius 3 is 2.94 bits per heavy atom. The van der Waals surface area contributed by atoms with E-state index < -0.39 is 11.9 Å². The number of carbonyl (C=O) groups is 1. The molecule has 6 nitrogen and oxygen atoms in total. The molecule has 1 N–H and O–H groups in total. The zero-order valence-electron chi connectivity index (χ0n) is 10.1. The largest absolute Gasteiger partial charge is 0.497 e. The molecule has 2 aromatic rings. The molecule has 1 unspecified atom stereocenters. The van der Waals surface area contributed by atoms with Gasteiger partial charge < -0.3 is 9.84 Å². The molecule has 0 spiro atoms. The lowest BCUT2D eigenvalue weighted by Gasteiger charge is -2.10. The SMILES string of the molecule is COc1cccc(-n2nncc2C(C)C(=O)O)c1. The number of aliphatic carboxylic acids is 1.